The number of aromatic amines is 1. The van der Waals surface area contributed by atoms with Crippen LogP contribution in [-0.2, 0) is 6.54 Å². The monoisotopic (exact) mass is 286 g/mol. The molecule has 1 atom stereocenters. The molecule has 4 nitrogen and oxygen atoms in total. The number of fused-ring (bicyclic) bond motifs is 1. The lowest BCUT2D eigenvalue weighted by Crippen LogP contribution is -2.25. The molecule has 0 amide bonds. The van der Waals surface area contributed by atoms with Gasteiger partial charge in [0.1, 0.15) is 0 Å². The number of H-pyrrole nitrogens is 1. The van der Waals surface area contributed by atoms with Crippen molar-refractivity contribution in [3.63, 3.8) is 0 Å². The molecule has 0 unspecified atom stereocenters. The van der Waals surface area contributed by atoms with Crippen molar-refractivity contribution in [3.8, 4) is 0 Å². The molecule has 0 bridgehead atoms. The molecule has 1 aromatic heterocycles. The van der Waals surface area contributed by atoms with E-state index in [9.17, 15) is 9.90 Å². The Morgan fingerprint density at radius 1 is 1.29 bits per heavy atom. The number of nitrogens with one attached hydrogen (secondary N) is 1. The van der Waals surface area contributed by atoms with E-state index >= 15 is 0 Å². The highest BCUT2D eigenvalue weighted by Gasteiger charge is 2.15. The van der Waals surface area contributed by atoms with Gasteiger partial charge in [-0.25, -0.2) is 0 Å². The van der Waals surface area contributed by atoms with E-state index in [0.717, 1.165) is 61.1 Å². The van der Waals surface area contributed by atoms with E-state index in [1.807, 2.05) is 25.1 Å². The Balaban J connectivity index is 1.84. The quantitative estimate of drug-likeness (QED) is 0.889. The Kier molecular flexibility index (Phi) is 4.08. The van der Waals surface area contributed by atoms with Gasteiger partial charge in [-0.3, -0.25) is 9.69 Å². The summed E-state index contributed by atoms with van der Waals surface area (Å²) in [4.78, 5) is 17.9. The van der Waals surface area contributed by atoms with Gasteiger partial charge in [0.05, 0.1) is 6.10 Å². The summed E-state index contributed by atoms with van der Waals surface area (Å²) in [5.41, 5.74) is 3.03. The molecule has 4 heteroatoms. The normalized spacial score (nSPS) is 20.6. The average molecular weight is 286 g/mol. The van der Waals surface area contributed by atoms with Crippen LogP contribution in [0.5, 0.6) is 0 Å². The van der Waals surface area contributed by atoms with Crippen LogP contribution in [0.1, 0.15) is 30.5 Å². The van der Waals surface area contributed by atoms with E-state index in [2.05, 4.69) is 9.88 Å². The molecule has 3 rings (SSSR count). The number of aromatic nitrogens is 1. The second-order valence-electron chi connectivity index (χ2n) is 6.07. The van der Waals surface area contributed by atoms with Crippen LogP contribution in [0.15, 0.2) is 29.1 Å². The number of hydrogen-bond donors (Lipinski definition) is 2. The first-order valence-corrected chi connectivity index (χ1v) is 7.65. The van der Waals surface area contributed by atoms with Crippen LogP contribution in [-0.4, -0.2) is 34.2 Å². The Labute approximate surface area is 124 Å². The summed E-state index contributed by atoms with van der Waals surface area (Å²) in [6, 6.07) is 7.63. The highest BCUT2D eigenvalue weighted by atomic mass is 16.3. The van der Waals surface area contributed by atoms with Crippen LogP contribution in [0.4, 0.5) is 0 Å². The van der Waals surface area contributed by atoms with Crippen molar-refractivity contribution in [1.82, 2.24) is 9.88 Å². The second-order valence-corrected chi connectivity index (χ2v) is 6.07. The predicted octanol–water partition coefficient (Wildman–Crippen LogP) is 2.18. The molecule has 21 heavy (non-hydrogen) atoms. The second kappa shape index (κ2) is 6.00. The van der Waals surface area contributed by atoms with Crippen molar-refractivity contribution in [2.45, 2.75) is 38.8 Å². The molecule has 2 aromatic rings. The van der Waals surface area contributed by atoms with E-state index in [-0.39, 0.29) is 11.5 Å². The van der Waals surface area contributed by atoms with Crippen LogP contribution in [0.25, 0.3) is 10.9 Å². The maximum atomic E-state index is 12.2. The molecule has 1 saturated heterocycles. The molecule has 112 valence electrons. The summed E-state index contributed by atoms with van der Waals surface area (Å²) >= 11 is 0. The summed E-state index contributed by atoms with van der Waals surface area (Å²) in [7, 11) is 0. The van der Waals surface area contributed by atoms with Gasteiger partial charge in [-0.1, -0.05) is 11.6 Å². The van der Waals surface area contributed by atoms with E-state index in [4.69, 9.17) is 0 Å². The molecule has 1 aliphatic heterocycles. The van der Waals surface area contributed by atoms with Gasteiger partial charge in [-0.05, 0) is 44.9 Å². The Hall–Kier alpha value is -1.65. The highest BCUT2D eigenvalue weighted by Crippen LogP contribution is 2.15. The summed E-state index contributed by atoms with van der Waals surface area (Å²) in [5, 5.41) is 10.5. The standard InChI is InChI=1S/C17H22N2O2/c1-12-4-5-16-15(9-12)17(21)10-13(18-16)11-19-7-2-3-14(20)6-8-19/h4-5,9-10,14,20H,2-3,6-8,11H2,1H3,(H,18,21)/t14-/m1/s1. The number of aliphatic hydroxyl groups is 1. The largest absolute Gasteiger partial charge is 0.393 e. The number of aliphatic hydroxyl groups excluding tert-OH is 1. The van der Waals surface area contributed by atoms with Gasteiger partial charge in [-0.2, -0.15) is 0 Å². The maximum Gasteiger partial charge on any atom is 0.189 e. The molecule has 2 N–H and O–H groups in total. The smallest absolute Gasteiger partial charge is 0.189 e. The molecule has 0 spiro atoms. The van der Waals surface area contributed by atoms with Crippen LogP contribution in [0.3, 0.4) is 0 Å². The average Bonchev–Trinajstić information content (AvgIpc) is 2.65. The molecular formula is C17H22N2O2. The lowest BCUT2D eigenvalue weighted by Gasteiger charge is -2.19. The van der Waals surface area contributed by atoms with Crippen LogP contribution < -0.4 is 5.43 Å². The number of aryl methyl sites for hydroxylation is 1. The minimum absolute atomic E-state index is 0.0808. The molecule has 0 aliphatic carbocycles. The molecule has 2 heterocycles. The Bertz CT molecular complexity index is 693. The van der Waals surface area contributed by atoms with Crippen LogP contribution in [0.2, 0.25) is 0 Å². The molecule has 1 aromatic carbocycles. The fourth-order valence-corrected chi connectivity index (χ4v) is 3.04. The summed E-state index contributed by atoms with van der Waals surface area (Å²) < 4.78 is 0. The molecule has 1 fully saturated rings. The number of hydrogen-bond acceptors (Lipinski definition) is 3. The summed E-state index contributed by atoms with van der Waals surface area (Å²) in [5.74, 6) is 0. The van der Waals surface area contributed by atoms with Crippen molar-refractivity contribution in [3.05, 3.63) is 45.7 Å². The first kappa shape index (κ1) is 14.3. The van der Waals surface area contributed by atoms with Crippen molar-refractivity contribution in [1.29, 1.82) is 0 Å². The van der Waals surface area contributed by atoms with Gasteiger partial charge >= 0.3 is 0 Å². The maximum absolute atomic E-state index is 12.2. The number of likely N-dealkylation sites (tertiary alicyclic amines) is 1. The summed E-state index contributed by atoms with van der Waals surface area (Å²) in [6.45, 7) is 4.60. The molecule has 1 aliphatic rings. The third-order valence-electron chi connectivity index (χ3n) is 4.23. The Morgan fingerprint density at radius 2 is 2.14 bits per heavy atom. The first-order valence-electron chi connectivity index (χ1n) is 7.65. The predicted molar refractivity (Wildman–Crippen MR) is 84.4 cm³/mol. The van der Waals surface area contributed by atoms with Gasteiger partial charge in [0.2, 0.25) is 0 Å². The van der Waals surface area contributed by atoms with E-state index in [1.54, 1.807) is 6.07 Å². The van der Waals surface area contributed by atoms with Gasteiger partial charge < -0.3 is 10.1 Å². The first-order chi connectivity index (χ1) is 10.1. The van der Waals surface area contributed by atoms with Crippen LogP contribution >= 0.6 is 0 Å². The lowest BCUT2D eigenvalue weighted by atomic mass is 10.1. The minimum Gasteiger partial charge on any atom is -0.393 e. The van der Waals surface area contributed by atoms with Gasteiger partial charge in [0.25, 0.3) is 0 Å². The number of benzene rings is 1. The van der Waals surface area contributed by atoms with Gasteiger partial charge in [-0.15, -0.1) is 0 Å². The van der Waals surface area contributed by atoms with Crippen molar-refractivity contribution in [2.75, 3.05) is 13.1 Å². The van der Waals surface area contributed by atoms with E-state index < -0.39 is 0 Å². The zero-order chi connectivity index (χ0) is 14.8. The zero-order valence-electron chi connectivity index (χ0n) is 12.4. The van der Waals surface area contributed by atoms with Crippen molar-refractivity contribution >= 4 is 10.9 Å². The summed E-state index contributed by atoms with van der Waals surface area (Å²) in [6.07, 6.45) is 2.53. The van der Waals surface area contributed by atoms with Crippen molar-refractivity contribution < 1.29 is 5.11 Å². The molecule has 0 saturated carbocycles. The highest BCUT2D eigenvalue weighted by molar-refractivity contribution is 5.79. The topological polar surface area (TPSA) is 56.3 Å². The van der Waals surface area contributed by atoms with Gasteiger partial charge in [0.15, 0.2) is 5.43 Å². The molecule has 0 radical (unpaired) electrons. The van der Waals surface area contributed by atoms with E-state index in [1.165, 1.54) is 0 Å². The van der Waals surface area contributed by atoms with Gasteiger partial charge in [0, 0.05) is 35.8 Å². The number of pyridine rings is 1. The zero-order valence-corrected chi connectivity index (χ0v) is 12.4. The number of nitrogens with zero attached hydrogens (tertiary/aromatic N) is 1. The van der Waals surface area contributed by atoms with E-state index in [0.29, 0.717) is 0 Å². The van der Waals surface area contributed by atoms with Crippen LogP contribution in [0, 0.1) is 6.92 Å². The Morgan fingerprint density at radius 3 is 3.00 bits per heavy atom. The minimum atomic E-state index is -0.173. The van der Waals surface area contributed by atoms with Crippen molar-refractivity contribution in [2.24, 2.45) is 0 Å². The third kappa shape index (κ3) is 3.34. The lowest BCUT2D eigenvalue weighted by molar-refractivity contribution is 0.154. The third-order valence-corrected chi connectivity index (χ3v) is 4.23. The molecular weight excluding hydrogens is 264 g/mol. The fourth-order valence-electron chi connectivity index (χ4n) is 3.04. The SMILES string of the molecule is Cc1ccc2[nH]c(CN3CCC[C@@H](O)CC3)cc(=O)c2c1. The number of rotatable bonds is 2. The fraction of sp³-hybridized carbons (Fsp3) is 0.471.